The molecule has 1 aromatic carbocycles. The largest absolute Gasteiger partial charge is 0.466 e. The van der Waals surface area contributed by atoms with Crippen molar-refractivity contribution in [2.45, 2.75) is 19.1 Å². The lowest BCUT2D eigenvalue weighted by molar-refractivity contribution is -0.136. The van der Waals surface area contributed by atoms with Crippen LogP contribution >= 0.6 is 23.4 Å². The lowest BCUT2D eigenvalue weighted by atomic mass is 10.2. The third-order valence-electron chi connectivity index (χ3n) is 2.49. The van der Waals surface area contributed by atoms with Crippen molar-refractivity contribution in [2.24, 2.45) is 0 Å². The topological polar surface area (TPSA) is 26.3 Å². The van der Waals surface area contributed by atoms with Crippen LogP contribution in [0.4, 0.5) is 0 Å². The maximum Gasteiger partial charge on any atom is 0.333 e. The summed E-state index contributed by atoms with van der Waals surface area (Å²) >= 11 is 7.79. The van der Waals surface area contributed by atoms with E-state index < -0.39 is 0 Å². The smallest absolute Gasteiger partial charge is 0.333 e. The van der Waals surface area contributed by atoms with Crippen LogP contribution in [-0.4, -0.2) is 18.8 Å². The Morgan fingerprint density at radius 3 is 2.78 bits per heavy atom. The van der Waals surface area contributed by atoms with Crippen molar-refractivity contribution in [1.29, 1.82) is 0 Å². The minimum Gasteiger partial charge on any atom is -0.466 e. The van der Waals surface area contributed by atoms with Crippen molar-refractivity contribution in [3.63, 3.8) is 0 Å². The normalized spacial score (nSPS) is 11.4. The van der Waals surface area contributed by atoms with E-state index in [9.17, 15) is 4.79 Å². The fourth-order valence-electron chi connectivity index (χ4n) is 1.45. The second-order valence-electron chi connectivity index (χ2n) is 3.68. The highest BCUT2D eigenvalue weighted by Crippen LogP contribution is 2.21. The summed E-state index contributed by atoms with van der Waals surface area (Å²) < 4.78 is 4.70. The molecule has 0 aliphatic carbocycles. The highest BCUT2D eigenvalue weighted by atomic mass is 35.5. The van der Waals surface area contributed by atoms with Crippen LogP contribution in [0.25, 0.3) is 0 Å². The Hall–Kier alpha value is -0.930. The zero-order valence-electron chi connectivity index (χ0n) is 10.6. The highest BCUT2D eigenvalue weighted by molar-refractivity contribution is 7.98. The first kappa shape index (κ1) is 15.1. The number of benzene rings is 1. The maximum absolute atomic E-state index is 11.3. The third-order valence-corrected chi connectivity index (χ3v) is 3.78. The SMILES string of the molecule is CC/C(=C/CSCc1ccccc1Cl)C(=O)OC. The van der Waals surface area contributed by atoms with Crippen LogP contribution in [0.5, 0.6) is 0 Å². The van der Waals surface area contributed by atoms with Crippen molar-refractivity contribution >= 4 is 29.3 Å². The molecule has 2 nitrogen and oxygen atoms in total. The predicted octanol–water partition coefficient (Wildman–Crippen LogP) is 4.08. The first-order valence-electron chi connectivity index (χ1n) is 5.77. The number of thioether (sulfide) groups is 1. The number of esters is 1. The van der Waals surface area contributed by atoms with Gasteiger partial charge in [0.2, 0.25) is 0 Å². The van der Waals surface area contributed by atoms with Gasteiger partial charge in [0.25, 0.3) is 0 Å². The molecular formula is C14H17ClO2S. The van der Waals surface area contributed by atoms with E-state index in [0.717, 1.165) is 27.7 Å². The second-order valence-corrected chi connectivity index (χ2v) is 5.12. The summed E-state index contributed by atoms with van der Waals surface area (Å²) in [6.07, 6.45) is 2.62. The number of halogens is 1. The summed E-state index contributed by atoms with van der Waals surface area (Å²) in [5, 5.41) is 0.790. The van der Waals surface area contributed by atoms with Crippen LogP contribution in [0.3, 0.4) is 0 Å². The molecule has 0 radical (unpaired) electrons. The number of hydrogen-bond donors (Lipinski definition) is 0. The fourth-order valence-corrected chi connectivity index (χ4v) is 2.64. The van der Waals surface area contributed by atoms with Crippen LogP contribution in [0, 0.1) is 0 Å². The zero-order valence-corrected chi connectivity index (χ0v) is 12.2. The van der Waals surface area contributed by atoms with Gasteiger partial charge in [-0.2, -0.15) is 11.8 Å². The third kappa shape index (κ3) is 4.75. The quantitative estimate of drug-likeness (QED) is 0.447. The molecule has 0 unspecified atom stereocenters. The fraction of sp³-hybridized carbons (Fsp3) is 0.357. The maximum atomic E-state index is 11.3. The summed E-state index contributed by atoms with van der Waals surface area (Å²) in [5.41, 5.74) is 1.85. The van der Waals surface area contributed by atoms with Gasteiger partial charge in [-0.3, -0.25) is 0 Å². The molecule has 0 bridgehead atoms. The summed E-state index contributed by atoms with van der Waals surface area (Å²) in [6, 6.07) is 7.80. The lowest BCUT2D eigenvalue weighted by Crippen LogP contribution is -2.04. The van der Waals surface area contributed by atoms with E-state index in [2.05, 4.69) is 0 Å². The standard InChI is InChI=1S/C14H17ClO2S/c1-3-11(14(16)17-2)8-9-18-10-12-6-4-5-7-13(12)15/h4-8H,3,9-10H2,1-2H3/b11-8-. The van der Waals surface area contributed by atoms with Crippen LogP contribution in [0.1, 0.15) is 18.9 Å². The molecule has 0 saturated carbocycles. The Morgan fingerprint density at radius 1 is 1.44 bits per heavy atom. The molecule has 18 heavy (non-hydrogen) atoms. The van der Waals surface area contributed by atoms with Gasteiger partial charge in [0.15, 0.2) is 0 Å². The zero-order chi connectivity index (χ0) is 13.4. The molecule has 0 N–H and O–H groups in total. The first-order chi connectivity index (χ1) is 8.69. The second kappa shape index (κ2) is 8.22. The van der Waals surface area contributed by atoms with E-state index in [1.807, 2.05) is 37.3 Å². The average Bonchev–Trinajstić information content (AvgIpc) is 2.40. The molecule has 0 aliphatic rings. The van der Waals surface area contributed by atoms with Crippen molar-refractivity contribution < 1.29 is 9.53 Å². The van der Waals surface area contributed by atoms with Crippen LogP contribution in [0.15, 0.2) is 35.9 Å². The van der Waals surface area contributed by atoms with Gasteiger partial charge in [0.1, 0.15) is 0 Å². The van der Waals surface area contributed by atoms with Gasteiger partial charge in [-0.15, -0.1) is 0 Å². The van der Waals surface area contributed by atoms with Crippen LogP contribution < -0.4 is 0 Å². The molecule has 0 fully saturated rings. The average molecular weight is 285 g/mol. The lowest BCUT2D eigenvalue weighted by Gasteiger charge is -2.04. The molecule has 0 aromatic heterocycles. The molecule has 0 amide bonds. The van der Waals surface area contributed by atoms with Crippen molar-refractivity contribution in [2.75, 3.05) is 12.9 Å². The Kier molecular flexibility index (Phi) is 6.91. The predicted molar refractivity (Wildman–Crippen MR) is 78.0 cm³/mol. The minimum absolute atomic E-state index is 0.240. The van der Waals surface area contributed by atoms with Gasteiger partial charge in [-0.1, -0.05) is 42.8 Å². The number of rotatable bonds is 6. The van der Waals surface area contributed by atoms with E-state index >= 15 is 0 Å². The van der Waals surface area contributed by atoms with Crippen molar-refractivity contribution in [3.8, 4) is 0 Å². The molecule has 98 valence electrons. The molecule has 0 heterocycles. The van der Waals surface area contributed by atoms with Gasteiger partial charge in [-0.25, -0.2) is 4.79 Å². The van der Waals surface area contributed by atoms with Gasteiger partial charge in [0, 0.05) is 22.1 Å². The van der Waals surface area contributed by atoms with E-state index in [-0.39, 0.29) is 5.97 Å². The minimum atomic E-state index is -0.240. The molecule has 0 saturated heterocycles. The van der Waals surface area contributed by atoms with Gasteiger partial charge < -0.3 is 4.74 Å². The Bertz CT molecular complexity index is 430. The molecular weight excluding hydrogens is 268 g/mol. The van der Waals surface area contributed by atoms with Gasteiger partial charge >= 0.3 is 5.97 Å². The van der Waals surface area contributed by atoms with Gasteiger partial charge in [0.05, 0.1) is 7.11 Å². The molecule has 1 aromatic rings. The van der Waals surface area contributed by atoms with E-state index in [1.165, 1.54) is 7.11 Å². The number of methoxy groups -OCH3 is 1. The Balaban J connectivity index is 2.45. The molecule has 0 aliphatic heterocycles. The van der Waals surface area contributed by atoms with Crippen molar-refractivity contribution in [1.82, 2.24) is 0 Å². The number of hydrogen-bond acceptors (Lipinski definition) is 3. The van der Waals surface area contributed by atoms with Crippen LogP contribution in [0.2, 0.25) is 5.02 Å². The van der Waals surface area contributed by atoms with Crippen LogP contribution in [-0.2, 0) is 15.3 Å². The van der Waals surface area contributed by atoms with E-state index in [0.29, 0.717) is 6.42 Å². The molecule has 1 rings (SSSR count). The number of carbonyl (C=O) groups excluding carboxylic acids is 1. The number of carbonyl (C=O) groups is 1. The van der Waals surface area contributed by atoms with Crippen molar-refractivity contribution in [3.05, 3.63) is 46.5 Å². The van der Waals surface area contributed by atoms with E-state index in [1.54, 1.807) is 11.8 Å². The van der Waals surface area contributed by atoms with E-state index in [4.69, 9.17) is 16.3 Å². The highest BCUT2D eigenvalue weighted by Gasteiger charge is 2.06. The molecule has 4 heteroatoms. The van der Waals surface area contributed by atoms with Gasteiger partial charge in [-0.05, 0) is 18.1 Å². The Morgan fingerprint density at radius 2 is 2.17 bits per heavy atom. The monoisotopic (exact) mass is 284 g/mol. The Labute approximate surface area is 117 Å². The summed E-state index contributed by atoms with van der Waals surface area (Å²) in [5.74, 6) is 1.38. The molecule has 0 spiro atoms. The summed E-state index contributed by atoms with van der Waals surface area (Å²) in [4.78, 5) is 11.3. The summed E-state index contributed by atoms with van der Waals surface area (Å²) in [6.45, 7) is 1.95. The molecule has 0 atom stereocenters. The number of ether oxygens (including phenoxy) is 1. The summed E-state index contributed by atoms with van der Waals surface area (Å²) in [7, 11) is 1.41. The first-order valence-corrected chi connectivity index (χ1v) is 7.30.